The van der Waals surface area contributed by atoms with Gasteiger partial charge in [-0.3, -0.25) is 9.59 Å². The second kappa shape index (κ2) is 6.89. The Morgan fingerprint density at radius 2 is 1.86 bits per heavy atom. The molecular formula is C18H19NO3. The normalized spacial score (nSPS) is 11.7. The molecule has 0 bridgehead atoms. The molecule has 0 aliphatic heterocycles. The maximum absolute atomic E-state index is 11.7. The number of benzene rings is 2. The molecule has 2 rings (SSSR count). The zero-order chi connectivity index (χ0) is 16.1. The molecule has 0 radical (unpaired) electrons. The molecule has 1 N–H and O–H groups in total. The van der Waals surface area contributed by atoms with Crippen LogP contribution in [0.25, 0.3) is 0 Å². The quantitative estimate of drug-likeness (QED) is 0.830. The van der Waals surface area contributed by atoms with E-state index in [1.165, 1.54) is 4.90 Å². The highest BCUT2D eigenvalue weighted by atomic mass is 16.4. The Balaban J connectivity index is 2.49. The molecule has 2 aromatic rings. The molecule has 114 valence electrons. The molecule has 0 saturated heterocycles. The summed E-state index contributed by atoms with van der Waals surface area (Å²) in [7, 11) is 0. The number of rotatable bonds is 6. The maximum atomic E-state index is 11.7. The molecular weight excluding hydrogens is 278 g/mol. The Labute approximate surface area is 130 Å². The Bertz CT molecular complexity index is 667. The zero-order valence-electron chi connectivity index (χ0n) is 12.7. The van der Waals surface area contributed by atoms with E-state index in [1.54, 1.807) is 0 Å². The molecule has 2 aromatic carbocycles. The van der Waals surface area contributed by atoms with Crippen LogP contribution in [0.4, 0.5) is 5.69 Å². The van der Waals surface area contributed by atoms with Gasteiger partial charge >= 0.3 is 5.97 Å². The number of carboxylic acid groups (broad SMARTS) is 1. The highest BCUT2D eigenvalue weighted by Gasteiger charge is 2.24. The second-order valence-electron chi connectivity index (χ2n) is 5.33. The van der Waals surface area contributed by atoms with Gasteiger partial charge in [-0.15, -0.1) is 0 Å². The third-order valence-corrected chi connectivity index (χ3v) is 3.64. The van der Waals surface area contributed by atoms with Gasteiger partial charge in [0, 0.05) is 5.69 Å². The molecule has 0 spiro atoms. The first kappa shape index (κ1) is 15.8. The number of aryl methyl sites for hydroxylation is 2. The van der Waals surface area contributed by atoms with Gasteiger partial charge in [0.15, 0.2) is 0 Å². The molecule has 1 amide bonds. The van der Waals surface area contributed by atoms with E-state index in [4.69, 9.17) is 0 Å². The molecule has 22 heavy (non-hydrogen) atoms. The smallest absolute Gasteiger partial charge is 0.305 e. The Kier molecular flexibility index (Phi) is 4.94. The monoisotopic (exact) mass is 297 g/mol. The van der Waals surface area contributed by atoms with Crippen LogP contribution in [0.1, 0.15) is 29.2 Å². The van der Waals surface area contributed by atoms with Crippen LogP contribution in [0.3, 0.4) is 0 Å². The minimum atomic E-state index is -0.939. The van der Waals surface area contributed by atoms with Crippen molar-refractivity contribution in [2.24, 2.45) is 0 Å². The minimum absolute atomic E-state index is 0.143. The SMILES string of the molecule is Cc1ccc(C)c(N(C=O)C(CC(=O)O)c2ccccc2)c1. The molecule has 0 heterocycles. The summed E-state index contributed by atoms with van der Waals surface area (Å²) < 4.78 is 0. The topological polar surface area (TPSA) is 57.6 Å². The molecule has 0 fully saturated rings. The lowest BCUT2D eigenvalue weighted by molar-refractivity contribution is -0.137. The number of amides is 1. The van der Waals surface area contributed by atoms with E-state index in [0.717, 1.165) is 22.4 Å². The fourth-order valence-corrected chi connectivity index (χ4v) is 2.51. The van der Waals surface area contributed by atoms with Crippen molar-refractivity contribution in [3.8, 4) is 0 Å². The van der Waals surface area contributed by atoms with Gasteiger partial charge in [-0.25, -0.2) is 0 Å². The second-order valence-corrected chi connectivity index (χ2v) is 5.33. The van der Waals surface area contributed by atoms with Gasteiger partial charge in [0.1, 0.15) is 0 Å². The van der Waals surface area contributed by atoms with E-state index in [0.29, 0.717) is 6.41 Å². The van der Waals surface area contributed by atoms with Gasteiger partial charge in [0.25, 0.3) is 0 Å². The van der Waals surface area contributed by atoms with E-state index in [9.17, 15) is 14.7 Å². The van der Waals surface area contributed by atoms with Gasteiger partial charge in [-0.1, -0.05) is 42.5 Å². The van der Waals surface area contributed by atoms with Crippen LogP contribution in [0.5, 0.6) is 0 Å². The number of nitrogens with zero attached hydrogens (tertiary/aromatic N) is 1. The summed E-state index contributed by atoms with van der Waals surface area (Å²) in [6.45, 7) is 3.86. The van der Waals surface area contributed by atoms with Crippen molar-refractivity contribution in [2.75, 3.05) is 4.90 Å². The average molecular weight is 297 g/mol. The minimum Gasteiger partial charge on any atom is -0.481 e. The van der Waals surface area contributed by atoms with Gasteiger partial charge < -0.3 is 10.0 Å². The first-order valence-electron chi connectivity index (χ1n) is 7.10. The average Bonchev–Trinajstić information content (AvgIpc) is 2.51. The molecule has 0 aliphatic rings. The first-order chi connectivity index (χ1) is 10.5. The highest BCUT2D eigenvalue weighted by molar-refractivity contribution is 5.81. The van der Waals surface area contributed by atoms with Gasteiger partial charge in [-0.05, 0) is 36.6 Å². The van der Waals surface area contributed by atoms with Crippen LogP contribution in [-0.4, -0.2) is 17.5 Å². The van der Waals surface area contributed by atoms with Gasteiger partial charge in [0.2, 0.25) is 6.41 Å². The Hall–Kier alpha value is -2.62. The van der Waals surface area contributed by atoms with Crippen molar-refractivity contribution in [3.63, 3.8) is 0 Å². The maximum Gasteiger partial charge on any atom is 0.305 e. The number of carbonyl (C=O) groups is 2. The number of hydrogen-bond acceptors (Lipinski definition) is 2. The van der Waals surface area contributed by atoms with Crippen LogP contribution in [0.15, 0.2) is 48.5 Å². The zero-order valence-corrected chi connectivity index (χ0v) is 12.7. The van der Waals surface area contributed by atoms with Crippen molar-refractivity contribution in [3.05, 3.63) is 65.2 Å². The summed E-state index contributed by atoms with van der Waals surface area (Å²) in [5, 5.41) is 9.22. The predicted octanol–water partition coefficient (Wildman–Crippen LogP) is 3.48. The number of carboxylic acids is 1. The summed E-state index contributed by atoms with van der Waals surface area (Å²) >= 11 is 0. The third kappa shape index (κ3) is 3.52. The molecule has 1 unspecified atom stereocenters. The molecule has 0 saturated carbocycles. The predicted molar refractivity (Wildman–Crippen MR) is 85.9 cm³/mol. The summed E-state index contributed by atoms with van der Waals surface area (Å²) in [5.41, 5.74) is 3.50. The standard InChI is InChI=1S/C18H19NO3/c1-13-8-9-14(2)16(10-13)19(12-20)17(11-18(21)22)15-6-4-3-5-7-15/h3-10,12,17H,11H2,1-2H3,(H,21,22). The number of carbonyl (C=O) groups excluding carboxylic acids is 1. The lowest BCUT2D eigenvalue weighted by atomic mass is 10.00. The van der Waals surface area contributed by atoms with Crippen LogP contribution in [0.2, 0.25) is 0 Å². The molecule has 1 atom stereocenters. The fraction of sp³-hybridized carbons (Fsp3) is 0.222. The lowest BCUT2D eigenvalue weighted by Crippen LogP contribution is -2.29. The van der Waals surface area contributed by atoms with Crippen LogP contribution >= 0.6 is 0 Å². The van der Waals surface area contributed by atoms with E-state index >= 15 is 0 Å². The Morgan fingerprint density at radius 3 is 2.45 bits per heavy atom. The molecule has 4 nitrogen and oxygen atoms in total. The van der Waals surface area contributed by atoms with Crippen molar-refractivity contribution in [2.45, 2.75) is 26.3 Å². The van der Waals surface area contributed by atoms with Crippen molar-refractivity contribution in [1.82, 2.24) is 0 Å². The summed E-state index contributed by atoms with van der Waals surface area (Å²) in [5.74, 6) is -0.939. The summed E-state index contributed by atoms with van der Waals surface area (Å²) in [6.07, 6.45) is 0.568. The third-order valence-electron chi connectivity index (χ3n) is 3.64. The van der Waals surface area contributed by atoms with E-state index in [1.807, 2.05) is 62.4 Å². The van der Waals surface area contributed by atoms with Crippen molar-refractivity contribution in [1.29, 1.82) is 0 Å². The lowest BCUT2D eigenvalue weighted by Gasteiger charge is -2.29. The molecule has 4 heteroatoms. The van der Waals surface area contributed by atoms with E-state index < -0.39 is 12.0 Å². The number of anilines is 1. The summed E-state index contributed by atoms with van der Waals surface area (Å²) in [4.78, 5) is 24.4. The Morgan fingerprint density at radius 1 is 1.18 bits per heavy atom. The fourth-order valence-electron chi connectivity index (χ4n) is 2.51. The largest absolute Gasteiger partial charge is 0.481 e. The van der Waals surface area contributed by atoms with Gasteiger partial charge in [-0.2, -0.15) is 0 Å². The van der Waals surface area contributed by atoms with Crippen LogP contribution in [-0.2, 0) is 9.59 Å². The van der Waals surface area contributed by atoms with Crippen LogP contribution < -0.4 is 4.90 Å². The van der Waals surface area contributed by atoms with E-state index in [-0.39, 0.29) is 6.42 Å². The highest BCUT2D eigenvalue weighted by Crippen LogP contribution is 2.31. The number of hydrogen-bond donors (Lipinski definition) is 1. The van der Waals surface area contributed by atoms with Crippen molar-refractivity contribution < 1.29 is 14.7 Å². The molecule has 0 aromatic heterocycles. The van der Waals surface area contributed by atoms with Gasteiger partial charge in [0.05, 0.1) is 12.5 Å². The molecule has 0 aliphatic carbocycles. The first-order valence-corrected chi connectivity index (χ1v) is 7.10. The number of aliphatic carboxylic acids is 1. The van der Waals surface area contributed by atoms with Crippen LogP contribution in [0, 0.1) is 13.8 Å². The van der Waals surface area contributed by atoms with Crippen molar-refractivity contribution >= 4 is 18.1 Å². The van der Waals surface area contributed by atoms with E-state index in [2.05, 4.69) is 0 Å². The summed E-state index contributed by atoms with van der Waals surface area (Å²) in [6, 6.07) is 14.5.